The van der Waals surface area contributed by atoms with Crippen molar-refractivity contribution < 1.29 is 0 Å². The van der Waals surface area contributed by atoms with Crippen LogP contribution in [0.2, 0.25) is 0 Å². The van der Waals surface area contributed by atoms with Crippen molar-refractivity contribution in [3.63, 3.8) is 0 Å². The molecule has 0 aliphatic rings. The molecule has 56 valence electrons. The third-order valence-electron chi connectivity index (χ3n) is 1.52. The van der Waals surface area contributed by atoms with Crippen molar-refractivity contribution in [3.8, 4) is 0 Å². The molecule has 0 aliphatic heterocycles. The van der Waals surface area contributed by atoms with Gasteiger partial charge in [0.15, 0.2) is 0 Å². The zero-order valence-electron chi connectivity index (χ0n) is 5.95. The molecule has 0 radical (unpaired) electrons. The normalized spacial score (nSPS) is 10.7. The monoisotopic (exact) mass is 211 g/mol. The van der Waals surface area contributed by atoms with E-state index < -0.39 is 0 Å². The first-order valence-electron chi connectivity index (χ1n) is 3.25. The molecule has 2 rings (SSSR count). The SMILES string of the molecule is Cc1nn2ncccc2c1Br. The minimum atomic E-state index is 0.962. The van der Waals surface area contributed by atoms with Gasteiger partial charge in [0, 0.05) is 6.20 Å². The van der Waals surface area contributed by atoms with Gasteiger partial charge in [0.1, 0.15) is 5.52 Å². The van der Waals surface area contributed by atoms with E-state index in [1.165, 1.54) is 0 Å². The molecule has 0 bridgehead atoms. The second-order valence-corrected chi connectivity index (χ2v) is 3.09. The lowest BCUT2D eigenvalue weighted by molar-refractivity contribution is 0.787. The van der Waals surface area contributed by atoms with Crippen LogP contribution >= 0.6 is 15.9 Å². The van der Waals surface area contributed by atoms with Crippen molar-refractivity contribution >= 4 is 21.4 Å². The molecule has 11 heavy (non-hydrogen) atoms. The minimum absolute atomic E-state index is 0.962. The Morgan fingerprint density at radius 2 is 2.36 bits per heavy atom. The van der Waals surface area contributed by atoms with Crippen LogP contribution in [0.4, 0.5) is 0 Å². The summed E-state index contributed by atoms with van der Waals surface area (Å²) in [5.74, 6) is 0. The Morgan fingerprint density at radius 3 is 3.09 bits per heavy atom. The lowest BCUT2D eigenvalue weighted by atomic mass is 10.4. The molecule has 0 fully saturated rings. The van der Waals surface area contributed by atoms with E-state index >= 15 is 0 Å². The van der Waals surface area contributed by atoms with Gasteiger partial charge in [-0.05, 0) is 35.0 Å². The van der Waals surface area contributed by atoms with E-state index in [9.17, 15) is 0 Å². The standard InChI is InChI=1S/C7H6BrN3/c1-5-7(8)6-3-2-4-9-11(6)10-5/h2-4H,1H3. The van der Waals surface area contributed by atoms with Gasteiger partial charge in [-0.25, -0.2) is 0 Å². The fourth-order valence-electron chi connectivity index (χ4n) is 0.977. The fraction of sp³-hybridized carbons (Fsp3) is 0.143. The Morgan fingerprint density at radius 1 is 1.55 bits per heavy atom. The summed E-state index contributed by atoms with van der Waals surface area (Å²) >= 11 is 3.43. The summed E-state index contributed by atoms with van der Waals surface area (Å²) in [4.78, 5) is 0. The Balaban J connectivity index is 2.92. The summed E-state index contributed by atoms with van der Waals surface area (Å²) in [6, 6.07) is 3.86. The predicted molar refractivity (Wildman–Crippen MR) is 45.4 cm³/mol. The highest BCUT2D eigenvalue weighted by molar-refractivity contribution is 9.10. The maximum Gasteiger partial charge on any atom is 0.102 e. The summed E-state index contributed by atoms with van der Waals surface area (Å²) < 4.78 is 2.63. The molecule has 0 aromatic carbocycles. The number of aromatic nitrogens is 3. The van der Waals surface area contributed by atoms with Gasteiger partial charge in [-0.3, -0.25) is 0 Å². The van der Waals surface area contributed by atoms with Gasteiger partial charge in [0.25, 0.3) is 0 Å². The highest BCUT2D eigenvalue weighted by Crippen LogP contribution is 2.19. The molecular weight excluding hydrogens is 206 g/mol. The molecule has 2 aromatic rings. The first-order valence-corrected chi connectivity index (χ1v) is 4.04. The van der Waals surface area contributed by atoms with Crippen LogP contribution in [0.1, 0.15) is 5.69 Å². The van der Waals surface area contributed by atoms with Gasteiger partial charge in [-0.1, -0.05) is 0 Å². The first-order chi connectivity index (χ1) is 5.29. The van der Waals surface area contributed by atoms with Gasteiger partial charge < -0.3 is 0 Å². The fourth-order valence-corrected chi connectivity index (χ4v) is 1.35. The average Bonchev–Trinajstić information content (AvgIpc) is 2.30. The molecule has 4 heteroatoms. The molecule has 0 atom stereocenters. The van der Waals surface area contributed by atoms with E-state index in [4.69, 9.17) is 0 Å². The summed E-state index contributed by atoms with van der Waals surface area (Å²) in [6.07, 6.45) is 1.71. The third-order valence-corrected chi connectivity index (χ3v) is 2.50. The summed E-state index contributed by atoms with van der Waals surface area (Å²) in [6.45, 7) is 1.94. The highest BCUT2D eigenvalue weighted by Gasteiger charge is 2.04. The molecule has 0 saturated carbocycles. The lowest BCUT2D eigenvalue weighted by Crippen LogP contribution is -1.90. The molecular formula is C7H6BrN3. The number of aryl methyl sites for hydroxylation is 1. The summed E-state index contributed by atoms with van der Waals surface area (Å²) in [7, 11) is 0. The second kappa shape index (κ2) is 2.30. The van der Waals surface area contributed by atoms with Crippen molar-refractivity contribution in [2.24, 2.45) is 0 Å². The Hall–Kier alpha value is -0.900. The van der Waals surface area contributed by atoms with Gasteiger partial charge >= 0.3 is 0 Å². The van der Waals surface area contributed by atoms with E-state index in [1.807, 2.05) is 19.1 Å². The maximum atomic E-state index is 4.17. The molecule has 0 saturated heterocycles. The molecule has 0 amide bonds. The lowest BCUT2D eigenvalue weighted by Gasteiger charge is -1.87. The van der Waals surface area contributed by atoms with Crippen molar-refractivity contribution in [3.05, 3.63) is 28.5 Å². The Kier molecular flexibility index (Phi) is 1.42. The Bertz CT molecular complexity index is 393. The Labute approximate surface area is 72.2 Å². The van der Waals surface area contributed by atoms with Gasteiger partial charge in [-0.2, -0.15) is 14.8 Å². The second-order valence-electron chi connectivity index (χ2n) is 2.30. The number of hydrogen-bond donors (Lipinski definition) is 0. The predicted octanol–water partition coefficient (Wildman–Crippen LogP) is 1.80. The molecule has 2 aromatic heterocycles. The molecule has 0 unspecified atom stereocenters. The van der Waals surface area contributed by atoms with Crippen molar-refractivity contribution in [2.75, 3.05) is 0 Å². The van der Waals surface area contributed by atoms with E-state index in [-0.39, 0.29) is 0 Å². The van der Waals surface area contributed by atoms with Crippen molar-refractivity contribution in [1.82, 2.24) is 14.8 Å². The third kappa shape index (κ3) is 0.939. The smallest absolute Gasteiger partial charge is 0.102 e. The number of hydrogen-bond acceptors (Lipinski definition) is 2. The van der Waals surface area contributed by atoms with Crippen molar-refractivity contribution in [1.29, 1.82) is 0 Å². The quantitative estimate of drug-likeness (QED) is 0.666. The largest absolute Gasteiger partial charge is 0.159 e. The van der Waals surface area contributed by atoms with Gasteiger partial charge in [0.2, 0.25) is 0 Å². The zero-order chi connectivity index (χ0) is 7.84. The molecule has 0 aliphatic carbocycles. The van der Waals surface area contributed by atoms with E-state index in [2.05, 4.69) is 26.1 Å². The van der Waals surface area contributed by atoms with Crippen LogP contribution in [0, 0.1) is 6.92 Å². The molecule has 0 spiro atoms. The topological polar surface area (TPSA) is 30.2 Å². The highest BCUT2D eigenvalue weighted by atomic mass is 79.9. The number of halogens is 1. The van der Waals surface area contributed by atoms with Crippen LogP contribution in [0.25, 0.3) is 5.52 Å². The van der Waals surface area contributed by atoms with Crippen LogP contribution in [0.15, 0.2) is 22.8 Å². The summed E-state index contributed by atoms with van der Waals surface area (Å²) in [5, 5.41) is 8.21. The number of nitrogens with zero attached hydrogens (tertiary/aromatic N) is 3. The van der Waals surface area contributed by atoms with E-state index in [0.717, 1.165) is 15.7 Å². The van der Waals surface area contributed by atoms with Crippen LogP contribution < -0.4 is 0 Å². The molecule has 0 N–H and O–H groups in total. The van der Waals surface area contributed by atoms with Gasteiger partial charge in [0.05, 0.1) is 10.2 Å². The molecule has 3 nitrogen and oxygen atoms in total. The number of rotatable bonds is 0. The van der Waals surface area contributed by atoms with Crippen LogP contribution in [0.5, 0.6) is 0 Å². The van der Waals surface area contributed by atoms with E-state index in [0.29, 0.717) is 0 Å². The van der Waals surface area contributed by atoms with E-state index in [1.54, 1.807) is 10.8 Å². The average molecular weight is 212 g/mol. The van der Waals surface area contributed by atoms with Gasteiger partial charge in [-0.15, -0.1) is 0 Å². The number of fused-ring (bicyclic) bond motifs is 1. The zero-order valence-corrected chi connectivity index (χ0v) is 7.54. The van der Waals surface area contributed by atoms with Crippen LogP contribution in [-0.4, -0.2) is 14.8 Å². The van der Waals surface area contributed by atoms with Crippen LogP contribution in [0.3, 0.4) is 0 Å². The maximum absolute atomic E-state index is 4.17. The van der Waals surface area contributed by atoms with Crippen LogP contribution in [-0.2, 0) is 0 Å². The first kappa shape index (κ1) is 6.79. The minimum Gasteiger partial charge on any atom is -0.159 e. The van der Waals surface area contributed by atoms with Crippen molar-refractivity contribution in [2.45, 2.75) is 6.92 Å². The summed E-state index contributed by atoms with van der Waals surface area (Å²) in [5.41, 5.74) is 1.97. The molecule has 2 heterocycles.